The summed E-state index contributed by atoms with van der Waals surface area (Å²) in [4.78, 5) is 25.8. The molecule has 116 valence electrons. The van der Waals surface area contributed by atoms with Crippen LogP contribution in [-0.4, -0.2) is 35.5 Å². The second-order valence-corrected chi connectivity index (χ2v) is 6.92. The van der Waals surface area contributed by atoms with Crippen LogP contribution in [0, 0.1) is 11.8 Å². The second-order valence-electron chi connectivity index (χ2n) is 6.92. The maximum Gasteiger partial charge on any atom is 0.410 e. The van der Waals surface area contributed by atoms with Gasteiger partial charge in [0.05, 0.1) is 6.54 Å². The van der Waals surface area contributed by atoms with Gasteiger partial charge in [0, 0.05) is 12.5 Å². The van der Waals surface area contributed by atoms with Gasteiger partial charge in [-0.2, -0.15) is 0 Å². The quantitative estimate of drug-likeness (QED) is 0.791. The monoisotopic (exact) mass is 283 g/mol. The largest absolute Gasteiger partial charge is 0.444 e. The average molecular weight is 283 g/mol. The van der Waals surface area contributed by atoms with Crippen LogP contribution in [0.15, 0.2) is 0 Å². The normalized spacial score (nSPS) is 23.2. The molecule has 1 saturated carbocycles. The third kappa shape index (κ3) is 5.51. The fourth-order valence-corrected chi connectivity index (χ4v) is 2.53. The van der Waals surface area contributed by atoms with Crippen LogP contribution in [-0.2, 0) is 9.53 Å². The highest BCUT2D eigenvalue weighted by Gasteiger charge is 2.28. The van der Waals surface area contributed by atoms with Crippen LogP contribution in [0.2, 0.25) is 0 Å². The van der Waals surface area contributed by atoms with Crippen LogP contribution < -0.4 is 0 Å². The molecule has 4 nitrogen and oxygen atoms in total. The Labute approximate surface area is 122 Å². The summed E-state index contributed by atoms with van der Waals surface area (Å²) in [7, 11) is 0. The number of ketones is 1. The molecule has 0 aromatic heterocycles. The Morgan fingerprint density at radius 3 is 2.15 bits per heavy atom. The van der Waals surface area contributed by atoms with Gasteiger partial charge in [-0.05, 0) is 46.5 Å². The number of likely N-dealkylation sites (N-methyl/N-ethyl adjacent to an activating group) is 1. The summed E-state index contributed by atoms with van der Waals surface area (Å²) in [5.74, 6) is 1.04. The van der Waals surface area contributed by atoms with Crippen molar-refractivity contribution in [3.8, 4) is 0 Å². The Balaban J connectivity index is 2.51. The molecule has 1 amide bonds. The summed E-state index contributed by atoms with van der Waals surface area (Å²) < 4.78 is 5.33. The molecule has 20 heavy (non-hydrogen) atoms. The van der Waals surface area contributed by atoms with E-state index in [9.17, 15) is 9.59 Å². The van der Waals surface area contributed by atoms with Crippen molar-refractivity contribution in [2.45, 2.75) is 65.9 Å². The van der Waals surface area contributed by atoms with Gasteiger partial charge < -0.3 is 9.64 Å². The van der Waals surface area contributed by atoms with E-state index in [1.54, 1.807) is 0 Å². The fourth-order valence-electron chi connectivity index (χ4n) is 2.53. The van der Waals surface area contributed by atoms with E-state index in [0.717, 1.165) is 31.6 Å². The lowest BCUT2D eigenvalue weighted by Gasteiger charge is -2.29. The predicted octanol–water partition coefficient (Wildman–Crippen LogP) is 3.64. The number of Topliss-reactive ketones (excluding diaryl/α,β-unsaturated/α-hetero) is 1. The lowest BCUT2D eigenvalue weighted by atomic mass is 9.81. The van der Waals surface area contributed by atoms with Crippen LogP contribution in [0.5, 0.6) is 0 Å². The standard InChI is InChI=1S/C16H29NO3/c1-6-17(15(19)20-16(3,4)5)11-14(18)13-9-7-12(2)8-10-13/h12-13H,6-11H2,1-5H3/t12-,13+. The molecule has 1 aliphatic rings. The van der Waals surface area contributed by atoms with Crippen molar-refractivity contribution < 1.29 is 14.3 Å². The number of hydrogen-bond acceptors (Lipinski definition) is 3. The Morgan fingerprint density at radius 2 is 1.70 bits per heavy atom. The van der Waals surface area contributed by atoms with E-state index in [-0.39, 0.29) is 18.2 Å². The van der Waals surface area contributed by atoms with E-state index >= 15 is 0 Å². The van der Waals surface area contributed by atoms with E-state index in [2.05, 4.69) is 6.92 Å². The van der Waals surface area contributed by atoms with Gasteiger partial charge in [0.1, 0.15) is 5.60 Å². The average Bonchev–Trinajstić information content (AvgIpc) is 2.34. The second kappa shape index (κ2) is 7.09. The van der Waals surface area contributed by atoms with Crippen molar-refractivity contribution in [2.75, 3.05) is 13.1 Å². The summed E-state index contributed by atoms with van der Waals surface area (Å²) in [6.45, 7) is 10.3. The summed E-state index contributed by atoms with van der Waals surface area (Å²) >= 11 is 0. The Hall–Kier alpha value is -1.06. The summed E-state index contributed by atoms with van der Waals surface area (Å²) in [6, 6.07) is 0. The summed E-state index contributed by atoms with van der Waals surface area (Å²) in [5.41, 5.74) is -0.520. The molecule has 0 saturated heterocycles. The zero-order chi connectivity index (χ0) is 15.3. The smallest absolute Gasteiger partial charge is 0.410 e. The third-order valence-electron chi connectivity index (χ3n) is 3.85. The summed E-state index contributed by atoms with van der Waals surface area (Å²) in [6.07, 6.45) is 3.78. The Bertz CT molecular complexity index is 338. The molecular weight excluding hydrogens is 254 g/mol. The molecule has 0 aliphatic heterocycles. The lowest BCUT2D eigenvalue weighted by Crippen LogP contribution is -2.41. The first kappa shape index (κ1) is 17.0. The number of carbonyl (C=O) groups is 2. The molecule has 0 bridgehead atoms. The van der Waals surface area contributed by atoms with Crippen LogP contribution >= 0.6 is 0 Å². The van der Waals surface area contributed by atoms with Gasteiger partial charge in [0.15, 0.2) is 5.78 Å². The third-order valence-corrected chi connectivity index (χ3v) is 3.85. The molecule has 0 unspecified atom stereocenters. The van der Waals surface area contributed by atoms with Crippen LogP contribution in [0.1, 0.15) is 60.3 Å². The maximum absolute atomic E-state index is 12.3. The summed E-state index contributed by atoms with van der Waals surface area (Å²) in [5, 5.41) is 0. The number of hydrogen-bond donors (Lipinski definition) is 0. The Kier molecular flexibility index (Phi) is 6.03. The molecule has 0 radical (unpaired) electrons. The minimum Gasteiger partial charge on any atom is -0.444 e. The topological polar surface area (TPSA) is 46.6 Å². The molecule has 0 aromatic carbocycles. The van der Waals surface area contributed by atoms with E-state index < -0.39 is 11.7 Å². The highest BCUT2D eigenvalue weighted by atomic mass is 16.6. The van der Waals surface area contributed by atoms with Gasteiger partial charge in [-0.25, -0.2) is 4.79 Å². The molecule has 1 aliphatic carbocycles. The zero-order valence-electron chi connectivity index (χ0n) is 13.6. The van der Waals surface area contributed by atoms with Crippen molar-refractivity contribution >= 4 is 11.9 Å². The van der Waals surface area contributed by atoms with Crippen molar-refractivity contribution in [3.05, 3.63) is 0 Å². The number of nitrogens with zero attached hydrogens (tertiary/aromatic N) is 1. The molecule has 0 N–H and O–H groups in total. The van der Waals surface area contributed by atoms with Crippen molar-refractivity contribution in [1.82, 2.24) is 4.90 Å². The first-order valence-corrected chi connectivity index (χ1v) is 7.73. The van der Waals surface area contributed by atoms with E-state index in [0.29, 0.717) is 6.54 Å². The van der Waals surface area contributed by atoms with Crippen LogP contribution in [0.3, 0.4) is 0 Å². The number of carbonyl (C=O) groups excluding carboxylic acids is 2. The van der Waals surface area contributed by atoms with Gasteiger partial charge in [0.2, 0.25) is 0 Å². The minimum atomic E-state index is -0.520. The number of rotatable bonds is 4. The fraction of sp³-hybridized carbons (Fsp3) is 0.875. The van der Waals surface area contributed by atoms with Crippen molar-refractivity contribution in [3.63, 3.8) is 0 Å². The van der Waals surface area contributed by atoms with Gasteiger partial charge >= 0.3 is 6.09 Å². The predicted molar refractivity (Wildman–Crippen MR) is 79.6 cm³/mol. The van der Waals surface area contributed by atoms with E-state index in [1.165, 1.54) is 4.90 Å². The van der Waals surface area contributed by atoms with Crippen molar-refractivity contribution in [1.29, 1.82) is 0 Å². The van der Waals surface area contributed by atoms with Gasteiger partial charge in [-0.3, -0.25) is 4.79 Å². The molecule has 1 fully saturated rings. The maximum atomic E-state index is 12.3. The molecule has 0 aromatic rings. The Morgan fingerprint density at radius 1 is 1.15 bits per heavy atom. The van der Waals surface area contributed by atoms with Gasteiger partial charge in [-0.15, -0.1) is 0 Å². The van der Waals surface area contributed by atoms with E-state index in [4.69, 9.17) is 4.74 Å². The highest BCUT2D eigenvalue weighted by molar-refractivity contribution is 5.86. The minimum absolute atomic E-state index is 0.127. The highest BCUT2D eigenvalue weighted by Crippen LogP contribution is 2.29. The molecule has 0 spiro atoms. The molecule has 4 heteroatoms. The number of amides is 1. The van der Waals surface area contributed by atoms with Crippen LogP contribution in [0.4, 0.5) is 4.79 Å². The first-order chi connectivity index (χ1) is 9.23. The SMILES string of the molecule is CCN(CC(=O)[C@H]1CC[C@@H](C)CC1)C(=O)OC(C)(C)C. The molecule has 0 atom stereocenters. The zero-order valence-corrected chi connectivity index (χ0v) is 13.6. The molecule has 1 rings (SSSR count). The number of ether oxygens (including phenoxy) is 1. The van der Waals surface area contributed by atoms with Crippen molar-refractivity contribution in [2.24, 2.45) is 11.8 Å². The van der Waals surface area contributed by atoms with Gasteiger partial charge in [0.25, 0.3) is 0 Å². The van der Waals surface area contributed by atoms with Crippen LogP contribution in [0.25, 0.3) is 0 Å². The van der Waals surface area contributed by atoms with Gasteiger partial charge in [-0.1, -0.05) is 19.8 Å². The first-order valence-electron chi connectivity index (χ1n) is 7.73. The molecular formula is C16H29NO3. The molecule has 0 heterocycles. The lowest BCUT2D eigenvalue weighted by molar-refractivity contribution is -0.125. The van der Waals surface area contributed by atoms with E-state index in [1.807, 2.05) is 27.7 Å².